The molecular formula is C24H21FN2O6S2. The van der Waals surface area contributed by atoms with Gasteiger partial charge in [-0.3, -0.25) is 19.3 Å². The number of carboxylic acids is 1. The first-order chi connectivity index (χ1) is 16.7. The van der Waals surface area contributed by atoms with Gasteiger partial charge in [0.2, 0.25) is 5.91 Å². The van der Waals surface area contributed by atoms with Gasteiger partial charge in [-0.2, -0.15) is 0 Å². The van der Waals surface area contributed by atoms with E-state index in [-0.39, 0.29) is 33.5 Å². The van der Waals surface area contributed by atoms with Gasteiger partial charge in [0.1, 0.15) is 23.2 Å². The normalized spacial score (nSPS) is 19.5. The van der Waals surface area contributed by atoms with Crippen LogP contribution in [0.15, 0.2) is 47.4 Å². The van der Waals surface area contributed by atoms with Crippen LogP contribution in [0.4, 0.5) is 4.39 Å². The highest BCUT2D eigenvalue weighted by atomic mass is 32.2. The molecular weight excluding hydrogens is 495 g/mol. The lowest BCUT2D eigenvalue weighted by Crippen LogP contribution is -2.47. The smallest absolute Gasteiger partial charge is 0.323 e. The minimum atomic E-state index is -1.17. The van der Waals surface area contributed by atoms with Crippen molar-refractivity contribution >= 4 is 52.2 Å². The van der Waals surface area contributed by atoms with E-state index in [1.54, 1.807) is 30.1 Å². The largest absolute Gasteiger partial charge is 0.480 e. The second-order valence-corrected chi connectivity index (χ2v) is 9.65. The van der Waals surface area contributed by atoms with E-state index in [1.807, 2.05) is 12.1 Å². The van der Waals surface area contributed by atoms with Crippen molar-refractivity contribution in [3.05, 3.63) is 64.3 Å². The number of aliphatic carboxylic acids is 1. The van der Waals surface area contributed by atoms with Crippen molar-refractivity contribution in [3.63, 3.8) is 0 Å². The molecule has 0 spiro atoms. The topological polar surface area (TPSA) is 96.4 Å². The molecule has 2 fully saturated rings. The molecule has 1 N–H and O–H groups in total. The molecule has 0 radical (unpaired) electrons. The third-order valence-corrected chi connectivity index (χ3v) is 6.90. The lowest BCUT2D eigenvalue weighted by atomic mass is 10.0. The Hall–Kier alpha value is -3.28. The summed E-state index contributed by atoms with van der Waals surface area (Å²) in [7, 11) is 1.76. The highest BCUT2D eigenvalue weighted by molar-refractivity contribution is 8.26. The van der Waals surface area contributed by atoms with Crippen LogP contribution >= 0.6 is 24.0 Å². The summed E-state index contributed by atoms with van der Waals surface area (Å²) in [5, 5.41) is 8.92. The average Bonchev–Trinajstić information content (AvgIpc) is 3.07. The fourth-order valence-electron chi connectivity index (χ4n) is 3.60. The fourth-order valence-corrected chi connectivity index (χ4v) is 4.86. The molecule has 2 heterocycles. The average molecular weight is 517 g/mol. The second kappa shape index (κ2) is 10.5. The number of thiocarbonyl (C=S) groups is 1. The molecule has 0 aromatic heterocycles. The first kappa shape index (κ1) is 24.8. The third-order valence-electron chi connectivity index (χ3n) is 5.52. The number of benzene rings is 2. The second-order valence-electron chi connectivity index (χ2n) is 7.98. The van der Waals surface area contributed by atoms with E-state index in [9.17, 15) is 18.8 Å². The Balaban J connectivity index is 1.41. The van der Waals surface area contributed by atoms with Crippen molar-refractivity contribution in [1.82, 2.24) is 9.80 Å². The van der Waals surface area contributed by atoms with Gasteiger partial charge >= 0.3 is 5.97 Å². The molecule has 4 rings (SSSR count). The first-order valence-corrected chi connectivity index (χ1v) is 11.8. The molecule has 182 valence electrons. The van der Waals surface area contributed by atoms with Crippen LogP contribution < -0.4 is 4.74 Å². The van der Waals surface area contributed by atoms with Gasteiger partial charge < -0.3 is 19.5 Å². The lowest BCUT2D eigenvalue weighted by molar-refractivity contribution is -0.145. The first-order valence-electron chi connectivity index (χ1n) is 10.6. The van der Waals surface area contributed by atoms with E-state index < -0.39 is 24.2 Å². The highest BCUT2D eigenvalue weighted by Gasteiger charge is 2.33. The standard InChI is InChI=1S/C24H21FN2O6S2/c1-26-16(12-32-13-21(26)28)8-14-2-5-17(6-3-14)33-19-7-4-15(9-18(19)25)10-20-23(31)27(11-22(29)30)24(34)35-20/h2-7,9-10,16H,8,11-13H2,1H3,(H,29,30)/b20-10-. The molecule has 2 aliphatic rings. The van der Waals surface area contributed by atoms with Crippen LogP contribution in [0.1, 0.15) is 11.1 Å². The minimum absolute atomic E-state index is 0.0133. The Morgan fingerprint density at radius 2 is 2.03 bits per heavy atom. The predicted octanol–water partition coefficient (Wildman–Crippen LogP) is 3.30. The molecule has 35 heavy (non-hydrogen) atoms. The number of nitrogens with zero attached hydrogens (tertiary/aromatic N) is 2. The third kappa shape index (κ3) is 5.87. The van der Waals surface area contributed by atoms with Crippen molar-refractivity contribution in [1.29, 1.82) is 0 Å². The maximum absolute atomic E-state index is 14.7. The number of hydrogen-bond donors (Lipinski definition) is 1. The summed E-state index contributed by atoms with van der Waals surface area (Å²) in [6, 6.07) is 11.4. The molecule has 1 unspecified atom stereocenters. The zero-order valence-electron chi connectivity index (χ0n) is 18.6. The molecule has 2 aromatic rings. The molecule has 11 heteroatoms. The number of carboxylic acid groups (broad SMARTS) is 1. The van der Waals surface area contributed by atoms with Crippen molar-refractivity contribution in [2.24, 2.45) is 0 Å². The van der Waals surface area contributed by atoms with Crippen LogP contribution in [-0.4, -0.2) is 69.9 Å². The quantitative estimate of drug-likeness (QED) is 0.443. The van der Waals surface area contributed by atoms with Crippen molar-refractivity contribution in [2.75, 3.05) is 26.8 Å². The van der Waals surface area contributed by atoms with E-state index in [1.165, 1.54) is 18.2 Å². The van der Waals surface area contributed by atoms with Gasteiger partial charge in [-0.25, -0.2) is 4.39 Å². The van der Waals surface area contributed by atoms with Crippen LogP contribution in [0.3, 0.4) is 0 Å². The van der Waals surface area contributed by atoms with Crippen LogP contribution in [-0.2, 0) is 25.5 Å². The number of morpholine rings is 1. The molecule has 2 aliphatic heterocycles. The summed E-state index contributed by atoms with van der Waals surface area (Å²) in [6.07, 6.45) is 2.09. The number of rotatable bonds is 7. The summed E-state index contributed by atoms with van der Waals surface area (Å²) in [5.41, 5.74) is 1.40. The number of halogens is 1. The van der Waals surface area contributed by atoms with Crippen LogP contribution in [0.5, 0.6) is 11.5 Å². The van der Waals surface area contributed by atoms with Gasteiger partial charge in [-0.1, -0.05) is 42.2 Å². The van der Waals surface area contributed by atoms with Crippen molar-refractivity contribution in [2.45, 2.75) is 12.5 Å². The van der Waals surface area contributed by atoms with Crippen LogP contribution in [0.2, 0.25) is 0 Å². The van der Waals surface area contributed by atoms with Gasteiger partial charge in [-0.05, 0) is 47.9 Å². The van der Waals surface area contributed by atoms with Gasteiger partial charge in [0, 0.05) is 7.05 Å². The van der Waals surface area contributed by atoms with E-state index in [4.69, 9.17) is 26.8 Å². The Morgan fingerprint density at radius 3 is 2.71 bits per heavy atom. The van der Waals surface area contributed by atoms with E-state index in [0.717, 1.165) is 22.2 Å². The molecule has 2 amide bonds. The summed E-state index contributed by atoms with van der Waals surface area (Å²) >= 11 is 6.03. The summed E-state index contributed by atoms with van der Waals surface area (Å²) in [4.78, 5) is 38.0. The van der Waals surface area contributed by atoms with Crippen molar-refractivity contribution in [3.8, 4) is 11.5 Å². The predicted molar refractivity (Wildman–Crippen MR) is 132 cm³/mol. The molecule has 0 saturated carbocycles. The highest BCUT2D eigenvalue weighted by Crippen LogP contribution is 2.33. The summed E-state index contributed by atoms with van der Waals surface area (Å²) in [6.45, 7) is 0.0554. The summed E-state index contributed by atoms with van der Waals surface area (Å²) < 4.78 is 25.8. The zero-order chi connectivity index (χ0) is 25.1. The lowest BCUT2D eigenvalue weighted by Gasteiger charge is -2.32. The van der Waals surface area contributed by atoms with Gasteiger partial charge in [-0.15, -0.1) is 0 Å². The maximum atomic E-state index is 14.7. The van der Waals surface area contributed by atoms with Gasteiger partial charge in [0.15, 0.2) is 11.6 Å². The Morgan fingerprint density at radius 1 is 1.29 bits per heavy atom. The molecule has 8 nitrogen and oxygen atoms in total. The molecule has 0 aliphatic carbocycles. The minimum Gasteiger partial charge on any atom is -0.480 e. The number of hydrogen-bond acceptors (Lipinski definition) is 7. The van der Waals surface area contributed by atoms with Crippen LogP contribution in [0.25, 0.3) is 6.08 Å². The van der Waals surface area contributed by atoms with Gasteiger partial charge in [0.05, 0.1) is 17.6 Å². The number of likely N-dealkylation sites (N-methyl/N-ethyl adjacent to an activating group) is 1. The number of ether oxygens (including phenoxy) is 2. The number of amides is 2. The molecule has 2 aromatic carbocycles. The monoisotopic (exact) mass is 516 g/mol. The van der Waals surface area contributed by atoms with E-state index in [2.05, 4.69) is 0 Å². The summed E-state index contributed by atoms with van der Waals surface area (Å²) in [5.74, 6) is -1.92. The molecule has 0 bridgehead atoms. The van der Waals surface area contributed by atoms with E-state index in [0.29, 0.717) is 24.3 Å². The molecule has 2 saturated heterocycles. The maximum Gasteiger partial charge on any atom is 0.323 e. The number of carbonyl (C=O) groups is 3. The fraction of sp³-hybridized carbons (Fsp3) is 0.250. The van der Waals surface area contributed by atoms with E-state index >= 15 is 0 Å². The van der Waals surface area contributed by atoms with Gasteiger partial charge in [0.25, 0.3) is 5.91 Å². The Kier molecular flexibility index (Phi) is 7.48. The zero-order valence-corrected chi connectivity index (χ0v) is 20.2. The SMILES string of the molecule is CN1C(=O)COCC1Cc1ccc(Oc2ccc(/C=C3\SC(=S)N(CC(=O)O)C3=O)cc2F)cc1. The number of thioether (sulfide) groups is 1. The van der Waals surface area contributed by atoms with Crippen molar-refractivity contribution < 1.29 is 33.4 Å². The molecule has 1 atom stereocenters. The number of carbonyl (C=O) groups excluding carboxylic acids is 2. The van der Waals surface area contributed by atoms with Crippen LogP contribution in [0, 0.1) is 5.82 Å². The Labute approximate surface area is 210 Å². The Bertz CT molecular complexity index is 1220.